The van der Waals surface area contributed by atoms with Gasteiger partial charge in [-0.25, -0.2) is 4.98 Å². The van der Waals surface area contributed by atoms with Gasteiger partial charge in [0.2, 0.25) is 5.91 Å². The van der Waals surface area contributed by atoms with E-state index in [1.54, 1.807) is 12.1 Å². The number of amides is 1. The van der Waals surface area contributed by atoms with Crippen molar-refractivity contribution >= 4 is 11.8 Å². The van der Waals surface area contributed by atoms with Gasteiger partial charge in [0.15, 0.2) is 11.4 Å². The number of imidazole rings is 1. The summed E-state index contributed by atoms with van der Waals surface area (Å²) < 4.78 is 0.957. The number of hydrogen-bond donors (Lipinski definition) is 1. The summed E-state index contributed by atoms with van der Waals surface area (Å²) >= 11 is 0. The Morgan fingerprint density at radius 2 is 2.12 bits per heavy atom. The Bertz CT molecular complexity index is 546. The zero-order valence-electron chi connectivity index (χ0n) is 9.26. The van der Waals surface area contributed by atoms with E-state index < -0.39 is 11.9 Å². The summed E-state index contributed by atoms with van der Waals surface area (Å²) in [6, 6.07) is 2.64. The highest BCUT2D eigenvalue weighted by Gasteiger charge is 2.21. The molecule has 0 spiro atoms. The maximum absolute atomic E-state index is 11.8. The molecule has 1 rings (SSSR count). The van der Waals surface area contributed by atoms with Crippen molar-refractivity contribution < 1.29 is 9.59 Å². The van der Waals surface area contributed by atoms with E-state index in [1.807, 2.05) is 0 Å². The van der Waals surface area contributed by atoms with Gasteiger partial charge in [-0.2, -0.15) is 10.5 Å². The first-order chi connectivity index (χ1) is 8.01. The normalized spacial score (nSPS) is 11.1. The van der Waals surface area contributed by atoms with Crippen molar-refractivity contribution in [3.8, 4) is 12.1 Å². The molecule has 0 aliphatic carbocycles. The quantitative estimate of drug-likeness (QED) is 0.756. The summed E-state index contributed by atoms with van der Waals surface area (Å²) in [7, 11) is 0. The predicted octanol–water partition coefficient (Wildman–Crippen LogP) is -0.209. The molecule has 1 N–H and O–H groups in total. The minimum atomic E-state index is -0.791. The molecule has 0 saturated heterocycles. The van der Waals surface area contributed by atoms with Crippen LogP contribution >= 0.6 is 0 Å². The molecule has 0 radical (unpaired) electrons. The van der Waals surface area contributed by atoms with E-state index in [1.165, 1.54) is 13.8 Å². The summed E-state index contributed by atoms with van der Waals surface area (Å²) in [6.07, 6.45) is 1.09. The Hall–Kier alpha value is -2.67. The predicted molar refractivity (Wildman–Crippen MR) is 55.6 cm³/mol. The van der Waals surface area contributed by atoms with Crippen molar-refractivity contribution in [2.75, 3.05) is 0 Å². The highest BCUT2D eigenvalue weighted by molar-refractivity contribution is 5.89. The lowest BCUT2D eigenvalue weighted by Crippen LogP contribution is -2.40. The molecule has 1 aromatic heterocycles. The summed E-state index contributed by atoms with van der Waals surface area (Å²) in [4.78, 5) is 26.3. The first-order valence-corrected chi connectivity index (χ1v) is 4.70. The standard InChI is InChI=1S/C10H9N5O2/c1-6(14-7(2)16)10(17)15-5-13-8(3-11)9(15)4-12/h5-6H,1-2H3,(H,14,16). The third kappa shape index (κ3) is 2.47. The number of nitriles is 2. The summed E-state index contributed by atoms with van der Waals surface area (Å²) in [5.41, 5.74) is -0.245. The molecule has 0 aromatic carbocycles. The Kier molecular flexibility index (Phi) is 3.58. The molecule has 0 bridgehead atoms. The van der Waals surface area contributed by atoms with Crippen molar-refractivity contribution in [3.63, 3.8) is 0 Å². The fourth-order valence-corrected chi connectivity index (χ4v) is 1.28. The fraction of sp³-hybridized carbons (Fsp3) is 0.300. The van der Waals surface area contributed by atoms with Gasteiger partial charge in [0.1, 0.15) is 24.5 Å². The summed E-state index contributed by atoms with van der Waals surface area (Å²) in [6.45, 7) is 2.76. The smallest absolute Gasteiger partial charge is 0.255 e. The van der Waals surface area contributed by atoms with Crippen LogP contribution in [0.3, 0.4) is 0 Å². The zero-order chi connectivity index (χ0) is 13.0. The number of aromatic nitrogens is 2. The van der Waals surface area contributed by atoms with Gasteiger partial charge in [0.05, 0.1) is 0 Å². The van der Waals surface area contributed by atoms with Crippen molar-refractivity contribution in [1.82, 2.24) is 14.9 Å². The molecule has 1 aromatic rings. The van der Waals surface area contributed by atoms with Crippen molar-refractivity contribution in [2.45, 2.75) is 19.9 Å². The fourth-order valence-electron chi connectivity index (χ4n) is 1.28. The number of nitrogens with zero attached hydrogens (tertiary/aromatic N) is 4. The molecule has 1 atom stereocenters. The Labute approximate surface area is 97.3 Å². The van der Waals surface area contributed by atoms with Crippen LogP contribution in [0.4, 0.5) is 0 Å². The van der Waals surface area contributed by atoms with Gasteiger partial charge in [-0.05, 0) is 6.92 Å². The minimum absolute atomic E-state index is 0.115. The van der Waals surface area contributed by atoms with E-state index in [0.717, 1.165) is 10.9 Å². The van der Waals surface area contributed by atoms with Crippen LogP contribution in [0, 0.1) is 22.7 Å². The second-order valence-electron chi connectivity index (χ2n) is 3.30. The summed E-state index contributed by atoms with van der Waals surface area (Å²) in [5.74, 6) is -0.879. The Morgan fingerprint density at radius 1 is 1.47 bits per heavy atom. The molecular formula is C10H9N5O2. The van der Waals surface area contributed by atoms with E-state index in [4.69, 9.17) is 10.5 Å². The van der Waals surface area contributed by atoms with Crippen LogP contribution in [-0.4, -0.2) is 27.4 Å². The van der Waals surface area contributed by atoms with Gasteiger partial charge in [0, 0.05) is 6.92 Å². The molecule has 0 aliphatic rings. The molecule has 0 saturated carbocycles. The largest absolute Gasteiger partial charge is 0.345 e. The molecule has 7 heteroatoms. The SMILES string of the molecule is CC(=O)NC(C)C(=O)n1cnc(C#N)c1C#N. The number of hydrogen-bond acceptors (Lipinski definition) is 5. The molecule has 1 heterocycles. The van der Waals surface area contributed by atoms with Gasteiger partial charge in [-0.15, -0.1) is 0 Å². The van der Waals surface area contributed by atoms with E-state index >= 15 is 0 Å². The molecule has 86 valence electrons. The molecule has 7 nitrogen and oxygen atoms in total. The van der Waals surface area contributed by atoms with Crippen LogP contribution in [0.25, 0.3) is 0 Å². The molecule has 1 amide bonds. The Balaban J connectivity index is 3.06. The molecule has 0 fully saturated rings. The number of carbonyl (C=O) groups excluding carboxylic acids is 2. The second-order valence-corrected chi connectivity index (χ2v) is 3.30. The molecule has 1 unspecified atom stereocenters. The maximum atomic E-state index is 11.8. The van der Waals surface area contributed by atoms with Crippen LogP contribution in [0.15, 0.2) is 6.33 Å². The lowest BCUT2D eigenvalue weighted by Gasteiger charge is -2.11. The molecule has 17 heavy (non-hydrogen) atoms. The average molecular weight is 231 g/mol. The van der Waals surface area contributed by atoms with Gasteiger partial charge in [0.25, 0.3) is 5.91 Å². The highest BCUT2D eigenvalue weighted by Crippen LogP contribution is 2.06. The van der Waals surface area contributed by atoms with Gasteiger partial charge >= 0.3 is 0 Å². The monoisotopic (exact) mass is 231 g/mol. The van der Waals surface area contributed by atoms with Crippen molar-refractivity contribution in [1.29, 1.82) is 10.5 Å². The van der Waals surface area contributed by atoms with Crippen LogP contribution in [0.1, 0.15) is 30.0 Å². The van der Waals surface area contributed by atoms with E-state index in [0.29, 0.717) is 0 Å². The van der Waals surface area contributed by atoms with Crippen LogP contribution in [0.2, 0.25) is 0 Å². The van der Waals surface area contributed by atoms with Gasteiger partial charge < -0.3 is 5.32 Å². The van der Waals surface area contributed by atoms with E-state index in [-0.39, 0.29) is 17.3 Å². The first kappa shape index (κ1) is 12.4. The third-order valence-electron chi connectivity index (χ3n) is 2.01. The van der Waals surface area contributed by atoms with Crippen molar-refractivity contribution in [2.24, 2.45) is 0 Å². The third-order valence-corrected chi connectivity index (χ3v) is 2.01. The maximum Gasteiger partial charge on any atom is 0.255 e. The Morgan fingerprint density at radius 3 is 2.59 bits per heavy atom. The minimum Gasteiger partial charge on any atom is -0.345 e. The highest BCUT2D eigenvalue weighted by atomic mass is 16.2. The second kappa shape index (κ2) is 4.90. The average Bonchev–Trinajstić information content (AvgIpc) is 2.69. The van der Waals surface area contributed by atoms with Crippen LogP contribution in [0.5, 0.6) is 0 Å². The van der Waals surface area contributed by atoms with E-state index in [9.17, 15) is 9.59 Å². The van der Waals surface area contributed by atoms with E-state index in [2.05, 4.69) is 10.3 Å². The molecular weight excluding hydrogens is 222 g/mol. The van der Waals surface area contributed by atoms with Gasteiger partial charge in [-0.1, -0.05) is 0 Å². The van der Waals surface area contributed by atoms with Crippen molar-refractivity contribution in [3.05, 3.63) is 17.7 Å². The van der Waals surface area contributed by atoms with Gasteiger partial charge in [-0.3, -0.25) is 14.2 Å². The number of nitrogens with one attached hydrogen (secondary N) is 1. The van der Waals surface area contributed by atoms with Crippen LogP contribution < -0.4 is 5.32 Å². The first-order valence-electron chi connectivity index (χ1n) is 4.70. The number of rotatable bonds is 2. The number of carbonyl (C=O) groups is 2. The summed E-state index contributed by atoms with van der Waals surface area (Å²) in [5, 5.41) is 19.9. The lowest BCUT2D eigenvalue weighted by molar-refractivity contribution is -0.119. The molecule has 0 aliphatic heterocycles. The zero-order valence-corrected chi connectivity index (χ0v) is 9.26. The topological polar surface area (TPSA) is 112 Å². The van der Waals surface area contributed by atoms with Crippen LogP contribution in [-0.2, 0) is 4.79 Å². The lowest BCUT2D eigenvalue weighted by atomic mass is 10.3.